The maximum atomic E-state index is 11.8. The second-order valence-corrected chi connectivity index (χ2v) is 6.43. The Kier molecular flexibility index (Phi) is 5.78. The smallest absolute Gasteiger partial charge is 0.219 e. The Labute approximate surface area is 153 Å². The number of ether oxygens (including phenoxy) is 1. The minimum atomic E-state index is 0.0639. The molecule has 0 saturated heterocycles. The van der Waals surface area contributed by atoms with E-state index in [0.29, 0.717) is 25.5 Å². The van der Waals surface area contributed by atoms with E-state index in [-0.39, 0.29) is 11.9 Å². The second kappa shape index (κ2) is 8.23. The number of hydrogen-bond donors (Lipinski definition) is 1. The van der Waals surface area contributed by atoms with Crippen LogP contribution >= 0.6 is 0 Å². The number of nitrogens with one attached hydrogen (secondary N) is 1. The van der Waals surface area contributed by atoms with Crippen molar-refractivity contribution < 1.29 is 9.53 Å². The first-order valence-corrected chi connectivity index (χ1v) is 8.94. The summed E-state index contributed by atoms with van der Waals surface area (Å²) < 4.78 is 5.30. The van der Waals surface area contributed by atoms with Crippen LogP contribution in [0.4, 0.5) is 5.82 Å². The highest BCUT2D eigenvalue weighted by molar-refractivity contribution is 5.74. The van der Waals surface area contributed by atoms with E-state index in [1.807, 2.05) is 23.1 Å². The van der Waals surface area contributed by atoms with Crippen molar-refractivity contribution in [1.29, 1.82) is 0 Å². The lowest BCUT2D eigenvalue weighted by molar-refractivity contribution is -0.129. The predicted molar refractivity (Wildman–Crippen MR) is 99.6 cm³/mol. The number of methoxy groups -OCH3 is 1. The van der Waals surface area contributed by atoms with Gasteiger partial charge in [0.25, 0.3) is 0 Å². The van der Waals surface area contributed by atoms with Crippen molar-refractivity contribution in [3.05, 3.63) is 35.7 Å². The fourth-order valence-electron chi connectivity index (χ4n) is 3.08. The Balaban J connectivity index is 2.01. The second-order valence-electron chi connectivity index (χ2n) is 6.43. The van der Waals surface area contributed by atoms with Gasteiger partial charge in [0.05, 0.1) is 24.9 Å². The number of hydrogen-bond acceptors (Lipinski definition) is 6. The van der Waals surface area contributed by atoms with E-state index in [0.717, 1.165) is 35.6 Å². The lowest BCUT2D eigenvalue weighted by Crippen LogP contribution is -2.36. The summed E-state index contributed by atoms with van der Waals surface area (Å²) in [5.41, 5.74) is 2.69. The molecule has 0 spiro atoms. The van der Waals surface area contributed by atoms with E-state index in [1.54, 1.807) is 20.2 Å². The monoisotopic (exact) mass is 355 g/mol. The van der Waals surface area contributed by atoms with Crippen molar-refractivity contribution in [2.45, 2.75) is 39.3 Å². The molecular weight excluding hydrogens is 330 g/mol. The normalized spacial score (nSPS) is 14.7. The number of carbonyl (C=O) groups excluding carboxylic acids is 1. The molecule has 26 heavy (non-hydrogen) atoms. The van der Waals surface area contributed by atoms with Gasteiger partial charge in [0.1, 0.15) is 11.5 Å². The van der Waals surface area contributed by atoms with Gasteiger partial charge in [-0.1, -0.05) is 13.0 Å². The van der Waals surface area contributed by atoms with Crippen molar-refractivity contribution >= 4 is 11.7 Å². The van der Waals surface area contributed by atoms with Crippen LogP contribution in [0.1, 0.15) is 31.5 Å². The third-order valence-electron chi connectivity index (χ3n) is 4.61. The van der Waals surface area contributed by atoms with Gasteiger partial charge in [-0.05, 0) is 25.0 Å². The SMILES string of the molecule is CC[C@@H](COC)Nc1nc(-c2ccccn2)nc2c1CCN(C(C)=O)C2. The summed E-state index contributed by atoms with van der Waals surface area (Å²) >= 11 is 0. The van der Waals surface area contributed by atoms with Crippen molar-refractivity contribution in [1.82, 2.24) is 19.9 Å². The Morgan fingerprint density at radius 2 is 2.23 bits per heavy atom. The zero-order valence-corrected chi connectivity index (χ0v) is 15.5. The lowest BCUT2D eigenvalue weighted by Gasteiger charge is -2.29. The van der Waals surface area contributed by atoms with Crippen LogP contribution in [0.2, 0.25) is 0 Å². The molecule has 3 rings (SSSR count). The summed E-state index contributed by atoms with van der Waals surface area (Å²) in [7, 11) is 1.70. The van der Waals surface area contributed by atoms with E-state index >= 15 is 0 Å². The number of nitrogens with zero attached hydrogens (tertiary/aromatic N) is 4. The first-order chi connectivity index (χ1) is 12.6. The van der Waals surface area contributed by atoms with Gasteiger partial charge in [-0.25, -0.2) is 9.97 Å². The van der Waals surface area contributed by atoms with Crippen LogP contribution in [0.15, 0.2) is 24.4 Å². The van der Waals surface area contributed by atoms with Gasteiger partial charge in [-0.2, -0.15) is 0 Å². The Hall–Kier alpha value is -2.54. The minimum Gasteiger partial charge on any atom is -0.383 e. The topological polar surface area (TPSA) is 80.2 Å². The fourth-order valence-corrected chi connectivity index (χ4v) is 3.08. The number of carbonyl (C=O) groups is 1. The highest BCUT2D eigenvalue weighted by Gasteiger charge is 2.25. The van der Waals surface area contributed by atoms with E-state index in [1.165, 1.54) is 0 Å². The van der Waals surface area contributed by atoms with Gasteiger partial charge in [0.2, 0.25) is 5.91 Å². The van der Waals surface area contributed by atoms with Crippen LogP contribution in [-0.4, -0.2) is 52.1 Å². The summed E-state index contributed by atoms with van der Waals surface area (Å²) in [6, 6.07) is 5.84. The Morgan fingerprint density at radius 1 is 1.38 bits per heavy atom. The molecule has 1 aliphatic rings. The number of fused-ring (bicyclic) bond motifs is 1. The van der Waals surface area contributed by atoms with Crippen LogP contribution in [0, 0.1) is 0 Å². The lowest BCUT2D eigenvalue weighted by atomic mass is 10.0. The summed E-state index contributed by atoms with van der Waals surface area (Å²) in [5.74, 6) is 1.46. The molecule has 1 N–H and O–H groups in total. The van der Waals surface area contributed by atoms with Crippen LogP contribution in [0.5, 0.6) is 0 Å². The maximum absolute atomic E-state index is 11.8. The molecule has 7 heteroatoms. The van der Waals surface area contributed by atoms with Crippen molar-refractivity contribution in [2.75, 3.05) is 25.6 Å². The molecule has 1 atom stereocenters. The summed E-state index contributed by atoms with van der Waals surface area (Å²) in [6.45, 7) is 5.50. The van der Waals surface area contributed by atoms with E-state index in [2.05, 4.69) is 17.2 Å². The quantitative estimate of drug-likeness (QED) is 0.856. The number of rotatable bonds is 6. The first-order valence-electron chi connectivity index (χ1n) is 8.94. The zero-order valence-electron chi connectivity index (χ0n) is 15.5. The maximum Gasteiger partial charge on any atom is 0.219 e. The largest absolute Gasteiger partial charge is 0.383 e. The van der Waals surface area contributed by atoms with Crippen molar-refractivity contribution in [3.8, 4) is 11.5 Å². The molecule has 0 saturated carbocycles. The molecule has 7 nitrogen and oxygen atoms in total. The molecule has 3 heterocycles. The van der Waals surface area contributed by atoms with Crippen LogP contribution in [0.3, 0.4) is 0 Å². The molecular formula is C19H25N5O2. The van der Waals surface area contributed by atoms with E-state index < -0.39 is 0 Å². The third kappa shape index (κ3) is 3.99. The van der Waals surface area contributed by atoms with Crippen molar-refractivity contribution in [2.24, 2.45) is 0 Å². The van der Waals surface area contributed by atoms with Gasteiger partial charge < -0.3 is 15.0 Å². The molecule has 0 aliphatic carbocycles. The fraction of sp³-hybridized carbons (Fsp3) is 0.474. The molecule has 1 amide bonds. The van der Waals surface area contributed by atoms with E-state index in [9.17, 15) is 4.79 Å². The Morgan fingerprint density at radius 3 is 2.88 bits per heavy atom. The molecule has 0 fully saturated rings. The summed E-state index contributed by atoms with van der Waals surface area (Å²) in [4.78, 5) is 27.4. The zero-order chi connectivity index (χ0) is 18.5. The average molecular weight is 355 g/mol. The number of anilines is 1. The van der Waals surface area contributed by atoms with Gasteiger partial charge >= 0.3 is 0 Å². The molecule has 2 aromatic heterocycles. The third-order valence-corrected chi connectivity index (χ3v) is 4.61. The molecule has 0 unspecified atom stereocenters. The molecule has 0 radical (unpaired) electrons. The van der Waals surface area contributed by atoms with Crippen molar-refractivity contribution in [3.63, 3.8) is 0 Å². The standard InChI is InChI=1S/C19H25N5O2/c1-4-14(12-26-3)21-18-15-8-10-24(13(2)25)11-17(15)22-19(23-18)16-7-5-6-9-20-16/h5-7,9,14H,4,8,10-12H2,1-3H3,(H,21,22,23)/t14-/m0/s1. The van der Waals surface area contributed by atoms with Crippen LogP contribution < -0.4 is 5.32 Å². The van der Waals surface area contributed by atoms with E-state index in [4.69, 9.17) is 14.7 Å². The van der Waals surface area contributed by atoms with Crippen LogP contribution in [-0.2, 0) is 22.5 Å². The Bertz CT molecular complexity index is 766. The minimum absolute atomic E-state index is 0.0639. The van der Waals surface area contributed by atoms with Gasteiger partial charge in [-0.15, -0.1) is 0 Å². The molecule has 0 bridgehead atoms. The molecule has 2 aromatic rings. The molecule has 0 aromatic carbocycles. The van der Waals surface area contributed by atoms with Gasteiger partial charge in [-0.3, -0.25) is 9.78 Å². The number of amides is 1. The van der Waals surface area contributed by atoms with Gasteiger partial charge in [0, 0.05) is 32.3 Å². The molecule has 1 aliphatic heterocycles. The average Bonchev–Trinajstić information content (AvgIpc) is 2.67. The predicted octanol–water partition coefficient (Wildman–Crippen LogP) is 2.28. The number of pyridine rings is 1. The van der Waals surface area contributed by atoms with Gasteiger partial charge in [0.15, 0.2) is 5.82 Å². The molecule has 138 valence electrons. The number of aromatic nitrogens is 3. The van der Waals surface area contributed by atoms with Crippen LogP contribution in [0.25, 0.3) is 11.5 Å². The highest BCUT2D eigenvalue weighted by Crippen LogP contribution is 2.27. The first kappa shape index (κ1) is 18.3. The summed E-state index contributed by atoms with van der Waals surface area (Å²) in [6.07, 6.45) is 3.39. The summed E-state index contributed by atoms with van der Waals surface area (Å²) in [5, 5.41) is 3.50. The highest BCUT2D eigenvalue weighted by atomic mass is 16.5.